The van der Waals surface area contributed by atoms with Crippen LogP contribution in [0.4, 0.5) is 30.4 Å². The first-order valence-corrected chi connectivity index (χ1v) is 9.16. The number of rotatable bonds is 4. The van der Waals surface area contributed by atoms with E-state index in [-0.39, 0.29) is 23.6 Å². The average Bonchev–Trinajstić information content (AvgIpc) is 2.74. The second-order valence-corrected chi connectivity index (χ2v) is 6.53. The van der Waals surface area contributed by atoms with Gasteiger partial charge >= 0.3 is 6.36 Å². The molecule has 2 heterocycles. The van der Waals surface area contributed by atoms with Crippen molar-refractivity contribution in [3.05, 3.63) is 66.4 Å². The normalized spacial score (nSPS) is 13.2. The summed E-state index contributed by atoms with van der Waals surface area (Å²) in [5.74, 6) is -0.255. The van der Waals surface area contributed by atoms with Crippen LogP contribution in [0, 0.1) is 0 Å². The summed E-state index contributed by atoms with van der Waals surface area (Å²) in [7, 11) is 0. The number of halogens is 3. The number of carbonyl (C=O) groups excluding carboxylic acids is 1. The zero-order valence-corrected chi connectivity index (χ0v) is 15.9. The fraction of sp³-hybridized carbons (Fsp3) is 0.143. The topological polar surface area (TPSA) is 83.9 Å². The molecule has 1 aliphatic rings. The van der Waals surface area contributed by atoms with E-state index in [0.717, 1.165) is 12.1 Å². The Morgan fingerprint density at radius 3 is 2.61 bits per heavy atom. The standard InChI is InChI=1S/C21H16F3N3O4/c22-21(23,24)31-14-8-6-13(7-9-14)26-20(29)15-3-1-4-16-18(15)30-12-11-27(16)19-17(28)5-2-10-25-19/h1-10,28H,11-12H2,(H,26,29). The van der Waals surface area contributed by atoms with E-state index >= 15 is 0 Å². The Morgan fingerprint density at radius 2 is 1.90 bits per heavy atom. The van der Waals surface area contributed by atoms with Crippen molar-refractivity contribution in [2.75, 3.05) is 23.4 Å². The molecule has 0 radical (unpaired) electrons. The molecule has 0 saturated carbocycles. The van der Waals surface area contributed by atoms with Gasteiger partial charge in [-0.05, 0) is 48.5 Å². The number of carbonyl (C=O) groups is 1. The molecule has 0 spiro atoms. The van der Waals surface area contributed by atoms with Crippen molar-refractivity contribution in [2.45, 2.75) is 6.36 Å². The number of alkyl halides is 3. The SMILES string of the molecule is O=C(Nc1ccc(OC(F)(F)F)cc1)c1cccc2c1OCCN2c1ncccc1O. The summed E-state index contributed by atoms with van der Waals surface area (Å²) < 4.78 is 46.4. The highest BCUT2D eigenvalue weighted by Crippen LogP contribution is 2.41. The van der Waals surface area contributed by atoms with Crippen LogP contribution in [0.3, 0.4) is 0 Å². The summed E-state index contributed by atoms with van der Waals surface area (Å²) in [6.45, 7) is 0.681. The Morgan fingerprint density at radius 1 is 1.13 bits per heavy atom. The summed E-state index contributed by atoms with van der Waals surface area (Å²) in [6.07, 6.45) is -3.24. The number of aromatic nitrogens is 1. The lowest BCUT2D eigenvalue weighted by atomic mass is 10.1. The van der Waals surface area contributed by atoms with Crippen molar-refractivity contribution in [3.63, 3.8) is 0 Å². The van der Waals surface area contributed by atoms with Gasteiger partial charge in [0.15, 0.2) is 17.3 Å². The molecule has 2 aromatic carbocycles. The average molecular weight is 431 g/mol. The summed E-state index contributed by atoms with van der Waals surface area (Å²) >= 11 is 0. The highest BCUT2D eigenvalue weighted by molar-refractivity contribution is 6.07. The molecular weight excluding hydrogens is 415 g/mol. The molecule has 0 saturated heterocycles. The number of aromatic hydroxyl groups is 1. The second kappa shape index (κ2) is 8.05. The molecule has 0 bridgehead atoms. The van der Waals surface area contributed by atoms with Gasteiger partial charge in [0.25, 0.3) is 5.91 Å². The van der Waals surface area contributed by atoms with E-state index in [0.29, 0.717) is 23.8 Å². The molecule has 31 heavy (non-hydrogen) atoms. The van der Waals surface area contributed by atoms with Gasteiger partial charge in [0.2, 0.25) is 0 Å². The van der Waals surface area contributed by atoms with Gasteiger partial charge in [-0.2, -0.15) is 0 Å². The van der Waals surface area contributed by atoms with E-state index in [1.54, 1.807) is 35.4 Å². The van der Waals surface area contributed by atoms with Crippen molar-refractivity contribution in [1.29, 1.82) is 0 Å². The van der Waals surface area contributed by atoms with Crippen LogP contribution in [0.15, 0.2) is 60.8 Å². The number of hydrogen-bond acceptors (Lipinski definition) is 6. The smallest absolute Gasteiger partial charge is 0.504 e. The summed E-state index contributed by atoms with van der Waals surface area (Å²) in [4.78, 5) is 18.8. The van der Waals surface area contributed by atoms with E-state index in [9.17, 15) is 23.1 Å². The Kier molecular flexibility index (Phi) is 5.28. The third-order valence-corrected chi connectivity index (χ3v) is 4.46. The summed E-state index contributed by atoms with van der Waals surface area (Å²) in [5, 5.41) is 12.8. The number of nitrogens with one attached hydrogen (secondary N) is 1. The van der Waals surface area contributed by atoms with Crippen LogP contribution in [-0.4, -0.2) is 35.5 Å². The maximum atomic E-state index is 12.8. The van der Waals surface area contributed by atoms with Crippen LogP contribution in [0.5, 0.6) is 17.2 Å². The predicted molar refractivity (Wildman–Crippen MR) is 106 cm³/mol. The molecule has 0 aliphatic carbocycles. The third-order valence-electron chi connectivity index (χ3n) is 4.46. The first-order valence-electron chi connectivity index (χ1n) is 9.16. The highest BCUT2D eigenvalue weighted by Gasteiger charge is 2.31. The molecule has 2 N–H and O–H groups in total. The minimum atomic E-state index is -4.79. The minimum Gasteiger partial charge on any atom is -0.504 e. The van der Waals surface area contributed by atoms with Crippen LogP contribution < -0.4 is 19.7 Å². The molecule has 1 amide bonds. The molecular formula is C21H16F3N3O4. The summed E-state index contributed by atoms with van der Waals surface area (Å²) in [6, 6.07) is 12.9. The molecule has 0 unspecified atom stereocenters. The summed E-state index contributed by atoms with van der Waals surface area (Å²) in [5.41, 5.74) is 1.07. The van der Waals surface area contributed by atoms with E-state index < -0.39 is 18.0 Å². The monoisotopic (exact) mass is 431 g/mol. The predicted octanol–water partition coefficient (Wildman–Crippen LogP) is 4.47. The molecule has 7 nitrogen and oxygen atoms in total. The molecule has 160 valence electrons. The molecule has 0 atom stereocenters. The van der Waals surface area contributed by atoms with E-state index in [4.69, 9.17) is 4.74 Å². The number of amides is 1. The Balaban J connectivity index is 1.58. The van der Waals surface area contributed by atoms with Gasteiger partial charge in [-0.3, -0.25) is 4.79 Å². The number of pyridine rings is 1. The lowest BCUT2D eigenvalue weighted by Gasteiger charge is -2.31. The number of anilines is 3. The van der Waals surface area contributed by atoms with Gasteiger partial charge in [-0.15, -0.1) is 13.2 Å². The van der Waals surface area contributed by atoms with Crippen LogP contribution in [0.1, 0.15) is 10.4 Å². The fourth-order valence-electron chi connectivity index (χ4n) is 3.18. The van der Waals surface area contributed by atoms with Crippen LogP contribution in [0.25, 0.3) is 0 Å². The first-order chi connectivity index (χ1) is 14.8. The Hall–Kier alpha value is -3.95. The third kappa shape index (κ3) is 4.47. The Labute approximate surface area is 174 Å². The van der Waals surface area contributed by atoms with Gasteiger partial charge in [-0.25, -0.2) is 4.98 Å². The number of fused-ring (bicyclic) bond motifs is 1. The van der Waals surface area contributed by atoms with Crippen molar-refractivity contribution in [2.24, 2.45) is 0 Å². The van der Waals surface area contributed by atoms with Crippen molar-refractivity contribution in [3.8, 4) is 17.2 Å². The maximum absolute atomic E-state index is 12.8. The molecule has 0 fully saturated rings. The second-order valence-electron chi connectivity index (χ2n) is 6.53. The molecule has 10 heteroatoms. The van der Waals surface area contributed by atoms with Crippen LogP contribution in [-0.2, 0) is 0 Å². The van der Waals surface area contributed by atoms with E-state index in [1.165, 1.54) is 18.2 Å². The van der Waals surface area contributed by atoms with E-state index in [2.05, 4.69) is 15.0 Å². The molecule has 1 aliphatic heterocycles. The maximum Gasteiger partial charge on any atom is 0.573 e. The van der Waals surface area contributed by atoms with Crippen molar-refractivity contribution in [1.82, 2.24) is 4.98 Å². The largest absolute Gasteiger partial charge is 0.573 e. The first kappa shape index (κ1) is 20.3. The van der Waals surface area contributed by atoms with Crippen LogP contribution in [0.2, 0.25) is 0 Å². The van der Waals surface area contributed by atoms with Gasteiger partial charge < -0.3 is 24.8 Å². The number of benzene rings is 2. The lowest BCUT2D eigenvalue weighted by molar-refractivity contribution is -0.274. The number of nitrogens with zero attached hydrogens (tertiary/aromatic N) is 2. The van der Waals surface area contributed by atoms with Gasteiger partial charge in [-0.1, -0.05) is 6.07 Å². The Bertz CT molecular complexity index is 1100. The number of ether oxygens (including phenoxy) is 2. The van der Waals surface area contributed by atoms with Crippen molar-refractivity contribution >= 4 is 23.1 Å². The van der Waals surface area contributed by atoms with E-state index in [1.807, 2.05) is 0 Å². The van der Waals surface area contributed by atoms with Gasteiger partial charge in [0.1, 0.15) is 12.4 Å². The quantitative estimate of drug-likeness (QED) is 0.634. The zero-order valence-electron chi connectivity index (χ0n) is 15.9. The van der Waals surface area contributed by atoms with Gasteiger partial charge in [0.05, 0.1) is 17.8 Å². The van der Waals surface area contributed by atoms with Crippen molar-refractivity contribution < 1.29 is 32.5 Å². The zero-order chi connectivity index (χ0) is 22.0. The molecule has 3 aromatic rings. The minimum absolute atomic E-state index is 0.00799. The highest BCUT2D eigenvalue weighted by atomic mass is 19.4. The molecule has 1 aromatic heterocycles. The molecule has 4 rings (SSSR count). The van der Waals surface area contributed by atoms with Gasteiger partial charge in [0, 0.05) is 11.9 Å². The van der Waals surface area contributed by atoms with Crippen LogP contribution >= 0.6 is 0 Å². The fourth-order valence-corrected chi connectivity index (χ4v) is 3.18. The lowest BCUT2D eigenvalue weighted by Crippen LogP contribution is -2.30. The number of hydrogen-bond donors (Lipinski definition) is 2. The number of para-hydroxylation sites is 1.